The van der Waals surface area contributed by atoms with E-state index in [4.69, 9.17) is 4.74 Å². The number of hydrogen-bond acceptors (Lipinski definition) is 5. The van der Waals surface area contributed by atoms with Crippen molar-refractivity contribution < 1.29 is 23.1 Å². The van der Waals surface area contributed by atoms with E-state index in [9.17, 15) is 18.3 Å². The highest BCUT2D eigenvalue weighted by atomic mass is 32.2. The standard InChI is InChI=1S/C24H32N2O5S/c1-5-24(28)25(4)15-22-17(2)14-26(18(3)16-27)32(29,30)23-12-11-20(13-21(23)31-22)19-9-7-6-8-10-19/h6-13,17-18,22,27H,5,14-16H2,1-4H3/t17-,18+,22-/m1/s1. The number of carbonyl (C=O) groups excluding carboxylic acids is 1. The van der Waals surface area contributed by atoms with E-state index in [-0.39, 0.29) is 35.6 Å². The Kier molecular flexibility index (Phi) is 7.59. The van der Waals surface area contributed by atoms with Gasteiger partial charge in [0.25, 0.3) is 0 Å². The number of nitrogens with zero attached hydrogens (tertiary/aromatic N) is 2. The first-order valence-electron chi connectivity index (χ1n) is 10.9. The predicted molar refractivity (Wildman–Crippen MR) is 124 cm³/mol. The lowest BCUT2D eigenvalue weighted by Gasteiger charge is -2.37. The number of aliphatic hydroxyl groups is 1. The average Bonchev–Trinajstić information content (AvgIpc) is 2.80. The van der Waals surface area contributed by atoms with Crippen molar-refractivity contribution >= 4 is 15.9 Å². The average molecular weight is 461 g/mol. The molecule has 174 valence electrons. The third kappa shape index (κ3) is 4.98. The van der Waals surface area contributed by atoms with Crippen LogP contribution in [0.3, 0.4) is 0 Å². The SMILES string of the molecule is CCC(=O)N(C)C[C@H]1Oc2cc(-c3ccccc3)ccc2S(=O)(=O)N([C@@H](C)CO)C[C@H]1C. The van der Waals surface area contributed by atoms with Crippen molar-refractivity contribution in [2.75, 3.05) is 26.7 Å². The molecule has 3 atom stereocenters. The van der Waals surface area contributed by atoms with E-state index in [2.05, 4.69) is 0 Å². The molecular formula is C24H32N2O5S. The minimum absolute atomic E-state index is 0.00526. The molecule has 3 rings (SSSR count). The number of likely N-dealkylation sites (N-methyl/N-ethyl adjacent to an activating group) is 1. The third-order valence-corrected chi connectivity index (χ3v) is 7.98. The zero-order chi connectivity index (χ0) is 23.5. The maximum Gasteiger partial charge on any atom is 0.247 e. The van der Waals surface area contributed by atoms with Gasteiger partial charge in [-0.3, -0.25) is 4.79 Å². The number of hydrogen-bond donors (Lipinski definition) is 1. The summed E-state index contributed by atoms with van der Waals surface area (Å²) in [6.45, 7) is 5.64. The van der Waals surface area contributed by atoms with Crippen LogP contribution >= 0.6 is 0 Å². The van der Waals surface area contributed by atoms with Gasteiger partial charge in [-0.1, -0.05) is 50.2 Å². The first-order valence-corrected chi connectivity index (χ1v) is 12.4. The number of benzene rings is 2. The van der Waals surface area contributed by atoms with Crippen LogP contribution in [-0.2, 0) is 14.8 Å². The highest BCUT2D eigenvalue weighted by Crippen LogP contribution is 2.36. The Balaban J connectivity index is 2.11. The second-order valence-electron chi connectivity index (χ2n) is 8.40. The summed E-state index contributed by atoms with van der Waals surface area (Å²) in [6.07, 6.45) is -0.0295. The van der Waals surface area contributed by atoms with Crippen molar-refractivity contribution in [3.05, 3.63) is 48.5 Å². The van der Waals surface area contributed by atoms with E-state index in [1.807, 2.05) is 37.3 Å². The number of fused-ring (bicyclic) bond motifs is 1. The number of ether oxygens (including phenoxy) is 1. The van der Waals surface area contributed by atoms with Gasteiger partial charge in [0, 0.05) is 32.0 Å². The largest absolute Gasteiger partial charge is 0.487 e. The molecule has 1 aliphatic heterocycles. The summed E-state index contributed by atoms with van der Waals surface area (Å²) >= 11 is 0. The Bertz CT molecular complexity index is 1040. The van der Waals surface area contributed by atoms with Gasteiger partial charge in [0.2, 0.25) is 15.9 Å². The van der Waals surface area contributed by atoms with Gasteiger partial charge in [0.05, 0.1) is 13.2 Å². The smallest absolute Gasteiger partial charge is 0.247 e. The first kappa shape index (κ1) is 24.2. The van der Waals surface area contributed by atoms with Crippen LogP contribution < -0.4 is 4.74 Å². The Morgan fingerprint density at radius 1 is 1.22 bits per heavy atom. The quantitative estimate of drug-likeness (QED) is 0.716. The van der Waals surface area contributed by atoms with Crippen LogP contribution in [0.25, 0.3) is 11.1 Å². The molecule has 8 heteroatoms. The zero-order valence-electron chi connectivity index (χ0n) is 19.1. The van der Waals surface area contributed by atoms with Crippen LogP contribution in [0.1, 0.15) is 27.2 Å². The Hall–Kier alpha value is -2.42. The van der Waals surface area contributed by atoms with E-state index in [0.717, 1.165) is 11.1 Å². The van der Waals surface area contributed by atoms with Gasteiger partial charge >= 0.3 is 0 Å². The van der Waals surface area contributed by atoms with Crippen LogP contribution in [0.15, 0.2) is 53.4 Å². The molecule has 32 heavy (non-hydrogen) atoms. The normalized spacial score (nSPS) is 21.5. The summed E-state index contributed by atoms with van der Waals surface area (Å²) < 4.78 is 34.7. The lowest BCUT2D eigenvalue weighted by atomic mass is 10.0. The molecule has 0 aromatic heterocycles. The highest BCUT2D eigenvalue weighted by Gasteiger charge is 2.38. The van der Waals surface area contributed by atoms with E-state index < -0.39 is 22.2 Å². The van der Waals surface area contributed by atoms with Gasteiger partial charge < -0.3 is 14.7 Å². The molecule has 0 spiro atoms. The van der Waals surface area contributed by atoms with E-state index in [1.165, 1.54) is 4.31 Å². The summed E-state index contributed by atoms with van der Waals surface area (Å²) in [5.41, 5.74) is 1.79. The van der Waals surface area contributed by atoms with Gasteiger partial charge in [-0.25, -0.2) is 8.42 Å². The molecule has 1 amide bonds. The second kappa shape index (κ2) is 10.0. The Labute approximate surface area is 190 Å². The fourth-order valence-corrected chi connectivity index (χ4v) is 5.72. The second-order valence-corrected chi connectivity index (χ2v) is 10.3. The predicted octanol–water partition coefficient (Wildman–Crippen LogP) is 2.99. The summed E-state index contributed by atoms with van der Waals surface area (Å²) in [4.78, 5) is 13.9. The van der Waals surface area contributed by atoms with Crippen molar-refractivity contribution in [2.24, 2.45) is 5.92 Å². The van der Waals surface area contributed by atoms with Crippen molar-refractivity contribution in [2.45, 2.75) is 44.2 Å². The zero-order valence-corrected chi connectivity index (χ0v) is 19.9. The molecule has 0 fully saturated rings. The molecule has 2 aromatic carbocycles. The molecule has 7 nitrogen and oxygen atoms in total. The minimum Gasteiger partial charge on any atom is -0.487 e. The molecule has 0 aliphatic carbocycles. The number of aliphatic hydroxyl groups excluding tert-OH is 1. The topological polar surface area (TPSA) is 87.2 Å². The molecule has 1 aliphatic rings. The van der Waals surface area contributed by atoms with Gasteiger partial charge in [-0.05, 0) is 30.2 Å². The van der Waals surface area contributed by atoms with Crippen molar-refractivity contribution in [1.82, 2.24) is 9.21 Å². The molecule has 0 unspecified atom stereocenters. The van der Waals surface area contributed by atoms with E-state index >= 15 is 0 Å². The maximum atomic E-state index is 13.5. The van der Waals surface area contributed by atoms with Gasteiger partial charge in [0.1, 0.15) is 16.7 Å². The van der Waals surface area contributed by atoms with Gasteiger partial charge in [0.15, 0.2) is 0 Å². The number of amides is 1. The van der Waals surface area contributed by atoms with Crippen LogP contribution in [0.2, 0.25) is 0 Å². The molecule has 0 bridgehead atoms. The lowest BCUT2D eigenvalue weighted by Crippen LogP contribution is -2.50. The monoisotopic (exact) mass is 460 g/mol. The van der Waals surface area contributed by atoms with Gasteiger partial charge in [-0.2, -0.15) is 4.31 Å². The Morgan fingerprint density at radius 3 is 2.53 bits per heavy atom. The number of rotatable bonds is 6. The summed E-state index contributed by atoms with van der Waals surface area (Å²) in [5.74, 6) is 0.0455. The maximum absolute atomic E-state index is 13.5. The molecule has 1 N–H and O–H groups in total. The van der Waals surface area contributed by atoms with Crippen molar-refractivity contribution in [1.29, 1.82) is 0 Å². The van der Waals surface area contributed by atoms with Crippen molar-refractivity contribution in [3.8, 4) is 16.9 Å². The molecular weight excluding hydrogens is 428 g/mol. The van der Waals surface area contributed by atoms with Crippen LogP contribution in [-0.4, -0.2) is 67.5 Å². The summed E-state index contributed by atoms with van der Waals surface area (Å²) in [6, 6.07) is 14.2. The number of sulfonamides is 1. The molecule has 1 heterocycles. The summed E-state index contributed by atoms with van der Waals surface area (Å²) in [5, 5.41) is 9.73. The van der Waals surface area contributed by atoms with Crippen molar-refractivity contribution in [3.63, 3.8) is 0 Å². The van der Waals surface area contributed by atoms with E-state index in [1.54, 1.807) is 44.0 Å². The Morgan fingerprint density at radius 2 is 1.91 bits per heavy atom. The van der Waals surface area contributed by atoms with Crippen LogP contribution in [0.5, 0.6) is 5.75 Å². The molecule has 2 aromatic rings. The van der Waals surface area contributed by atoms with Crippen LogP contribution in [0, 0.1) is 5.92 Å². The lowest BCUT2D eigenvalue weighted by molar-refractivity contribution is -0.131. The number of carbonyl (C=O) groups is 1. The fraction of sp³-hybridized carbons (Fsp3) is 0.458. The van der Waals surface area contributed by atoms with E-state index in [0.29, 0.717) is 13.0 Å². The summed E-state index contributed by atoms with van der Waals surface area (Å²) in [7, 11) is -2.16. The first-order chi connectivity index (χ1) is 15.2. The fourth-order valence-electron chi connectivity index (χ4n) is 3.90. The van der Waals surface area contributed by atoms with Gasteiger partial charge in [-0.15, -0.1) is 0 Å². The molecule has 0 saturated carbocycles. The molecule has 0 radical (unpaired) electrons. The molecule has 0 saturated heterocycles. The van der Waals surface area contributed by atoms with Crippen LogP contribution in [0.4, 0.5) is 0 Å². The third-order valence-electron chi connectivity index (χ3n) is 5.96. The minimum atomic E-state index is -3.89. The highest BCUT2D eigenvalue weighted by molar-refractivity contribution is 7.89.